The number of hydroxylamine groups is 1. The Hall–Kier alpha value is -4.69. The lowest BCUT2D eigenvalue weighted by Gasteiger charge is -2.21. The molecule has 0 aliphatic heterocycles. The summed E-state index contributed by atoms with van der Waals surface area (Å²) in [6.45, 7) is -0.919. The summed E-state index contributed by atoms with van der Waals surface area (Å²) < 4.78 is 122. The van der Waals surface area contributed by atoms with Crippen LogP contribution in [0.3, 0.4) is 0 Å². The van der Waals surface area contributed by atoms with Gasteiger partial charge < -0.3 is 38.9 Å². The molecule has 2 aromatic carbocycles. The highest BCUT2D eigenvalue weighted by Crippen LogP contribution is 2.40. The first-order valence-corrected chi connectivity index (χ1v) is 20.5. The standard InChI is InChI=1S/C29H42N4O18S3/c1-30-32-33(51-27-22(46-2)18-21(29(35)36)19-23(27)47-3)9-4-8-31-28(34)20-16-24(48-10-5-13-52(37,38)39)26(50-12-7-15-54(43,44)45)25(17-20)49-11-6-14-53(40,41)42/h16-19H,4-15H2,1-3H3,(H,31,34)(H,35,36)(H,37,38,39)(H,40,41,42)(H,43,44,45). The number of carboxylic acids is 1. The molecule has 25 heteroatoms. The van der Waals surface area contributed by atoms with Crippen LogP contribution < -0.4 is 33.8 Å². The number of hydrogen-bond acceptors (Lipinski definition) is 16. The van der Waals surface area contributed by atoms with Gasteiger partial charge in [-0.25, -0.2) is 4.79 Å². The molecule has 0 saturated heterocycles. The van der Waals surface area contributed by atoms with Crippen LogP contribution in [0.2, 0.25) is 0 Å². The first-order chi connectivity index (χ1) is 25.3. The molecule has 0 fully saturated rings. The van der Waals surface area contributed by atoms with Gasteiger partial charge in [-0.2, -0.15) is 30.4 Å². The van der Waals surface area contributed by atoms with Crippen LogP contribution in [0.1, 0.15) is 46.4 Å². The van der Waals surface area contributed by atoms with Crippen molar-refractivity contribution in [1.29, 1.82) is 0 Å². The Labute approximate surface area is 311 Å². The van der Waals surface area contributed by atoms with E-state index in [9.17, 15) is 39.9 Å². The summed E-state index contributed by atoms with van der Waals surface area (Å²) in [6, 6.07) is 4.87. The zero-order chi connectivity index (χ0) is 40.5. The molecule has 304 valence electrons. The molecule has 0 spiro atoms. The third kappa shape index (κ3) is 17.0. The van der Waals surface area contributed by atoms with Crippen LogP contribution >= 0.6 is 0 Å². The van der Waals surface area contributed by atoms with Crippen molar-refractivity contribution in [2.24, 2.45) is 10.3 Å². The molecule has 0 bridgehead atoms. The summed E-state index contributed by atoms with van der Waals surface area (Å²) >= 11 is 0. The Morgan fingerprint density at radius 1 is 0.685 bits per heavy atom. The first-order valence-electron chi connectivity index (χ1n) is 15.7. The predicted molar refractivity (Wildman–Crippen MR) is 188 cm³/mol. The lowest BCUT2D eigenvalue weighted by atomic mass is 10.1. The Kier molecular flexibility index (Phi) is 17.9. The quantitative estimate of drug-likeness (QED) is 0.0390. The van der Waals surface area contributed by atoms with Gasteiger partial charge in [0.15, 0.2) is 23.0 Å². The van der Waals surface area contributed by atoms with E-state index in [1.807, 2.05) is 0 Å². The van der Waals surface area contributed by atoms with Gasteiger partial charge in [0, 0.05) is 12.1 Å². The third-order valence-electron chi connectivity index (χ3n) is 6.59. The zero-order valence-corrected chi connectivity index (χ0v) is 31.8. The SMILES string of the molecule is CN=NN(CCCNC(=O)c1cc(OCCCS(=O)(=O)O)c(OCCCS(=O)(=O)O)c(OCCCS(=O)(=O)O)c1)Oc1c(OC)cc(C(=O)O)cc1OC. The lowest BCUT2D eigenvalue weighted by molar-refractivity contribution is -0.0692. The molecule has 0 radical (unpaired) electrons. The van der Waals surface area contributed by atoms with Crippen LogP contribution in [-0.4, -0.2) is 133 Å². The second-order valence-corrected chi connectivity index (χ2v) is 15.6. The molecule has 0 unspecified atom stereocenters. The van der Waals surface area contributed by atoms with Crippen molar-refractivity contribution in [2.45, 2.75) is 25.7 Å². The van der Waals surface area contributed by atoms with Crippen molar-refractivity contribution in [2.75, 3.05) is 71.4 Å². The number of rotatable bonds is 26. The topological polar surface area (TPSA) is 313 Å². The Balaban J connectivity index is 2.30. The molecule has 5 N–H and O–H groups in total. The highest BCUT2D eigenvalue weighted by Gasteiger charge is 2.22. The number of nitrogens with zero attached hydrogens (tertiary/aromatic N) is 3. The summed E-state index contributed by atoms with van der Waals surface area (Å²) in [4.78, 5) is 30.6. The van der Waals surface area contributed by atoms with Crippen molar-refractivity contribution < 1.29 is 82.1 Å². The molecular formula is C29H42N4O18S3. The van der Waals surface area contributed by atoms with Gasteiger partial charge in [0.05, 0.1) is 70.5 Å². The normalized spacial score (nSPS) is 11.9. The van der Waals surface area contributed by atoms with Gasteiger partial charge in [-0.15, -0.1) is 5.17 Å². The number of hydrogen-bond donors (Lipinski definition) is 5. The van der Waals surface area contributed by atoms with Gasteiger partial charge in [0.2, 0.25) is 11.5 Å². The molecular weight excluding hydrogens is 789 g/mol. The Morgan fingerprint density at radius 3 is 1.54 bits per heavy atom. The van der Waals surface area contributed by atoms with Gasteiger partial charge in [0.1, 0.15) is 0 Å². The fourth-order valence-corrected chi connectivity index (χ4v) is 5.70. The van der Waals surface area contributed by atoms with E-state index < -0.39 is 59.5 Å². The largest absolute Gasteiger partial charge is 0.493 e. The molecule has 0 aromatic heterocycles. The van der Waals surface area contributed by atoms with E-state index in [2.05, 4.69) is 15.7 Å². The predicted octanol–water partition coefficient (Wildman–Crippen LogP) is 1.79. The number of nitrogens with one attached hydrogen (secondary N) is 1. The second-order valence-electron chi connectivity index (χ2n) is 10.8. The van der Waals surface area contributed by atoms with Crippen LogP contribution in [-0.2, 0) is 30.4 Å². The molecule has 0 atom stereocenters. The Morgan fingerprint density at radius 2 is 1.13 bits per heavy atom. The summed E-state index contributed by atoms with van der Waals surface area (Å²) in [5.41, 5.74) is -0.207. The van der Waals surface area contributed by atoms with Crippen molar-refractivity contribution >= 4 is 42.2 Å². The van der Waals surface area contributed by atoms with Crippen LogP contribution in [0, 0.1) is 0 Å². The van der Waals surface area contributed by atoms with Crippen molar-refractivity contribution in [3.63, 3.8) is 0 Å². The minimum atomic E-state index is -4.34. The molecule has 2 aromatic rings. The van der Waals surface area contributed by atoms with E-state index >= 15 is 0 Å². The van der Waals surface area contributed by atoms with E-state index in [0.717, 1.165) is 5.17 Å². The summed E-state index contributed by atoms with van der Waals surface area (Å²) in [5, 5.41) is 20.7. The van der Waals surface area contributed by atoms with Crippen molar-refractivity contribution in [3.05, 3.63) is 35.4 Å². The second kappa shape index (κ2) is 21.3. The fourth-order valence-electron chi connectivity index (χ4n) is 4.25. The molecule has 54 heavy (non-hydrogen) atoms. The first kappa shape index (κ1) is 45.5. The molecule has 1 amide bonds. The van der Waals surface area contributed by atoms with Gasteiger partial charge >= 0.3 is 5.97 Å². The lowest BCUT2D eigenvalue weighted by Crippen LogP contribution is -2.29. The number of carbonyl (C=O) groups excluding carboxylic acids is 1. The van der Waals surface area contributed by atoms with E-state index in [0.29, 0.717) is 0 Å². The van der Waals surface area contributed by atoms with Crippen LogP contribution in [0.5, 0.6) is 34.5 Å². The maximum atomic E-state index is 13.3. The van der Waals surface area contributed by atoms with Gasteiger partial charge in [-0.1, -0.05) is 0 Å². The maximum Gasteiger partial charge on any atom is 0.335 e. The molecule has 0 saturated carbocycles. The number of methoxy groups -OCH3 is 2. The van der Waals surface area contributed by atoms with Crippen LogP contribution in [0.25, 0.3) is 0 Å². The van der Waals surface area contributed by atoms with Crippen LogP contribution in [0.4, 0.5) is 0 Å². The third-order valence-corrected chi connectivity index (χ3v) is 9.00. The average molecular weight is 831 g/mol. The number of benzene rings is 2. The minimum Gasteiger partial charge on any atom is -0.493 e. The minimum absolute atomic E-state index is 0.00466. The average Bonchev–Trinajstić information content (AvgIpc) is 3.07. The van der Waals surface area contributed by atoms with Crippen LogP contribution in [0.15, 0.2) is 34.6 Å². The highest BCUT2D eigenvalue weighted by molar-refractivity contribution is 7.86. The van der Waals surface area contributed by atoms with Crippen molar-refractivity contribution in [3.8, 4) is 34.5 Å². The molecule has 0 heterocycles. The fraction of sp³-hybridized carbons (Fsp3) is 0.517. The number of carbonyl (C=O) groups is 2. The number of ether oxygens (including phenoxy) is 5. The number of amides is 1. The van der Waals surface area contributed by atoms with Gasteiger partial charge in [-0.05, 0) is 55.2 Å². The molecule has 0 aliphatic rings. The molecule has 0 aliphatic carbocycles. The van der Waals surface area contributed by atoms with E-state index in [1.165, 1.54) is 45.5 Å². The smallest absolute Gasteiger partial charge is 0.335 e. The van der Waals surface area contributed by atoms with E-state index in [-0.39, 0.29) is 104 Å². The zero-order valence-electron chi connectivity index (χ0n) is 29.4. The van der Waals surface area contributed by atoms with Gasteiger partial charge in [-0.3, -0.25) is 18.5 Å². The van der Waals surface area contributed by atoms with E-state index in [1.54, 1.807) is 0 Å². The molecule has 22 nitrogen and oxygen atoms in total. The highest BCUT2D eigenvalue weighted by atomic mass is 32.2. The van der Waals surface area contributed by atoms with Gasteiger partial charge in [0.25, 0.3) is 36.3 Å². The van der Waals surface area contributed by atoms with Crippen molar-refractivity contribution in [1.82, 2.24) is 10.5 Å². The summed E-state index contributed by atoms with van der Waals surface area (Å²) in [7, 11) is -9.06. The monoisotopic (exact) mass is 830 g/mol. The summed E-state index contributed by atoms with van der Waals surface area (Å²) in [6.07, 6.45) is -0.402. The number of aromatic carboxylic acids is 1. The molecule has 2 rings (SSSR count). The maximum absolute atomic E-state index is 13.3. The Bertz CT molecular complexity index is 1850. The van der Waals surface area contributed by atoms with E-state index in [4.69, 9.17) is 42.2 Å². The summed E-state index contributed by atoms with van der Waals surface area (Å²) in [5.74, 6) is -4.39. The number of carboxylic acid groups (broad SMARTS) is 1.